The molecule has 0 unspecified atom stereocenters. The fourth-order valence-electron chi connectivity index (χ4n) is 4.43. The lowest BCUT2D eigenvalue weighted by molar-refractivity contribution is 0.556. The van der Waals surface area contributed by atoms with Gasteiger partial charge in [0, 0.05) is 38.1 Å². The van der Waals surface area contributed by atoms with Crippen LogP contribution in [0.25, 0.3) is 49.8 Å². The molecule has 3 heteroatoms. The summed E-state index contributed by atoms with van der Waals surface area (Å²) in [4.78, 5) is 3.38. The standard InChI is InChI=1S/C12H9N.C12H8O.C7H6O/c2*1-3-7-11-9(5-1)10-6-2-4-8-12(10)13-11;1-2-6-4-5-8-7(6)3-1/h1-8,13H;1-8H;1,3-5H,2H2. The Morgan fingerprint density at radius 1 is 0.559 bits per heavy atom. The van der Waals surface area contributed by atoms with Gasteiger partial charge in [-0.25, -0.2) is 0 Å². The summed E-state index contributed by atoms with van der Waals surface area (Å²) in [5.41, 5.74) is 5.66. The molecule has 0 amide bonds. The van der Waals surface area contributed by atoms with Gasteiger partial charge in [0.1, 0.15) is 16.9 Å². The summed E-state index contributed by atoms with van der Waals surface area (Å²) in [6.07, 6.45) is 6.89. The first kappa shape index (κ1) is 20.1. The molecule has 3 nitrogen and oxygen atoms in total. The first-order valence-corrected chi connectivity index (χ1v) is 11.4. The molecular weight excluding hydrogens is 418 g/mol. The van der Waals surface area contributed by atoms with Gasteiger partial charge < -0.3 is 13.8 Å². The number of aromatic amines is 1. The van der Waals surface area contributed by atoms with Crippen molar-refractivity contribution in [3.05, 3.63) is 127 Å². The van der Waals surface area contributed by atoms with E-state index < -0.39 is 0 Å². The number of rotatable bonds is 0. The molecule has 3 heterocycles. The minimum Gasteiger partial charge on any atom is -0.465 e. The van der Waals surface area contributed by atoms with E-state index in [2.05, 4.69) is 71.7 Å². The molecule has 164 valence electrons. The van der Waals surface area contributed by atoms with Gasteiger partial charge >= 0.3 is 0 Å². The number of furan rings is 2. The van der Waals surface area contributed by atoms with Crippen LogP contribution in [-0.2, 0) is 6.42 Å². The Bertz CT molecular complexity index is 1540. The number of hydrogen-bond acceptors (Lipinski definition) is 2. The van der Waals surface area contributed by atoms with Gasteiger partial charge in [-0.1, -0.05) is 78.9 Å². The predicted molar refractivity (Wildman–Crippen MR) is 141 cm³/mol. The Kier molecular flexibility index (Phi) is 5.21. The zero-order valence-electron chi connectivity index (χ0n) is 18.6. The van der Waals surface area contributed by atoms with Crippen LogP contribution in [0.2, 0.25) is 0 Å². The molecule has 0 atom stereocenters. The Labute approximate surface area is 196 Å². The van der Waals surface area contributed by atoms with Crippen LogP contribution in [0.3, 0.4) is 0 Å². The number of para-hydroxylation sites is 4. The van der Waals surface area contributed by atoms with E-state index in [-0.39, 0.29) is 0 Å². The number of fused-ring (bicyclic) bond motifs is 7. The molecule has 0 fully saturated rings. The van der Waals surface area contributed by atoms with Gasteiger partial charge in [-0.2, -0.15) is 0 Å². The first-order chi connectivity index (χ1) is 16.9. The molecule has 0 saturated carbocycles. The molecule has 0 saturated heterocycles. The minimum atomic E-state index is 0.962. The van der Waals surface area contributed by atoms with E-state index in [4.69, 9.17) is 8.83 Å². The van der Waals surface area contributed by atoms with Crippen molar-refractivity contribution in [3.8, 4) is 0 Å². The zero-order valence-corrected chi connectivity index (χ0v) is 18.6. The maximum atomic E-state index is 5.65. The van der Waals surface area contributed by atoms with Crippen LogP contribution in [0.4, 0.5) is 0 Å². The monoisotopic (exact) mass is 441 g/mol. The summed E-state index contributed by atoms with van der Waals surface area (Å²) in [7, 11) is 0. The highest BCUT2D eigenvalue weighted by molar-refractivity contribution is 6.07. The third-order valence-electron chi connectivity index (χ3n) is 6.09. The maximum Gasteiger partial charge on any atom is 0.135 e. The molecule has 34 heavy (non-hydrogen) atoms. The van der Waals surface area contributed by atoms with Crippen LogP contribution >= 0.6 is 0 Å². The number of hydrogen-bond donors (Lipinski definition) is 1. The normalized spacial score (nSPS) is 11.9. The number of benzene rings is 4. The van der Waals surface area contributed by atoms with E-state index in [0.29, 0.717) is 0 Å². The fraction of sp³-hybridized carbons (Fsp3) is 0.0323. The van der Waals surface area contributed by atoms with Gasteiger partial charge in [-0.05, 0) is 42.8 Å². The molecule has 4 aromatic carbocycles. The molecule has 1 aliphatic rings. The average molecular weight is 442 g/mol. The Balaban J connectivity index is 0.0000000989. The van der Waals surface area contributed by atoms with Gasteiger partial charge in [0.15, 0.2) is 0 Å². The second-order valence-electron chi connectivity index (χ2n) is 8.23. The van der Waals surface area contributed by atoms with Crippen LogP contribution in [0.1, 0.15) is 11.3 Å². The highest BCUT2D eigenvalue weighted by atomic mass is 16.3. The van der Waals surface area contributed by atoms with Crippen LogP contribution in [-0.4, -0.2) is 4.98 Å². The zero-order chi connectivity index (χ0) is 22.7. The number of aromatic nitrogens is 1. The van der Waals surface area contributed by atoms with E-state index in [9.17, 15) is 0 Å². The fourth-order valence-corrected chi connectivity index (χ4v) is 4.43. The summed E-state index contributed by atoms with van der Waals surface area (Å²) in [5.74, 6) is 1.03. The van der Waals surface area contributed by atoms with E-state index in [1.807, 2.05) is 48.5 Å². The molecule has 0 bridgehead atoms. The topological polar surface area (TPSA) is 42.1 Å². The molecule has 0 radical (unpaired) electrons. The lowest BCUT2D eigenvalue weighted by Gasteiger charge is -1.87. The Morgan fingerprint density at radius 2 is 1.09 bits per heavy atom. The van der Waals surface area contributed by atoms with Crippen LogP contribution in [0, 0.1) is 0 Å². The number of H-pyrrole nitrogens is 1. The van der Waals surface area contributed by atoms with Crippen molar-refractivity contribution in [1.29, 1.82) is 0 Å². The van der Waals surface area contributed by atoms with Gasteiger partial charge in [0.05, 0.1) is 6.26 Å². The minimum absolute atomic E-state index is 0.962. The van der Waals surface area contributed by atoms with Crippen molar-refractivity contribution in [1.82, 2.24) is 4.98 Å². The summed E-state index contributed by atoms with van der Waals surface area (Å²) >= 11 is 0. The number of nitrogens with one attached hydrogen (secondary N) is 1. The molecule has 8 rings (SSSR count). The summed E-state index contributed by atoms with van der Waals surface area (Å²) in [6, 6.07) is 35.0. The van der Waals surface area contributed by atoms with Gasteiger partial charge in [0.25, 0.3) is 0 Å². The van der Waals surface area contributed by atoms with Crippen molar-refractivity contribution in [2.24, 2.45) is 0 Å². The number of allylic oxidation sites excluding steroid dienone is 1. The smallest absolute Gasteiger partial charge is 0.135 e. The first-order valence-electron chi connectivity index (χ1n) is 11.4. The molecule has 1 N–H and O–H groups in total. The van der Waals surface area contributed by atoms with E-state index in [1.54, 1.807) is 6.26 Å². The van der Waals surface area contributed by atoms with Crippen molar-refractivity contribution in [3.63, 3.8) is 0 Å². The SMILES string of the molecule is C1=Cc2occc2C1.c1ccc2c(c1)[nH]c1ccccc12.c1ccc2c(c1)oc1ccccc12. The quantitative estimate of drug-likeness (QED) is 0.256. The largest absolute Gasteiger partial charge is 0.465 e. The highest BCUT2D eigenvalue weighted by Crippen LogP contribution is 2.27. The summed E-state index contributed by atoms with van der Waals surface area (Å²) in [6.45, 7) is 0. The Morgan fingerprint density at radius 3 is 1.68 bits per heavy atom. The molecular formula is C31H23NO2. The third kappa shape index (κ3) is 3.78. The van der Waals surface area contributed by atoms with Gasteiger partial charge in [0.2, 0.25) is 0 Å². The van der Waals surface area contributed by atoms with E-state index in [0.717, 1.165) is 23.3 Å². The van der Waals surface area contributed by atoms with Crippen molar-refractivity contribution in [2.75, 3.05) is 0 Å². The van der Waals surface area contributed by atoms with Crippen molar-refractivity contribution < 1.29 is 8.83 Å². The molecule has 0 aliphatic heterocycles. The van der Waals surface area contributed by atoms with E-state index in [1.165, 1.54) is 38.1 Å². The molecule has 1 aliphatic carbocycles. The second-order valence-corrected chi connectivity index (χ2v) is 8.23. The third-order valence-corrected chi connectivity index (χ3v) is 6.09. The lowest BCUT2D eigenvalue weighted by atomic mass is 10.2. The van der Waals surface area contributed by atoms with Gasteiger partial charge in [-0.3, -0.25) is 0 Å². The van der Waals surface area contributed by atoms with Crippen LogP contribution in [0.5, 0.6) is 0 Å². The molecule has 3 aromatic heterocycles. The lowest BCUT2D eigenvalue weighted by Crippen LogP contribution is -1.67. The highest BCUT2D eigenvalue weighted by Gasteiger charge is 2.05. The van der Waals surface area contributed by atoms with Crippen molar-refractivity contribution in [2.45, 2.75) is 6.42 Å². The molecule has 0 spiro atoms. The van der Waals surface area contributed by atoms with Gasteiger partial charge in [-0.15, -0.1) is 0 Å². The summed E-state index contributed by atoms with van der Waals surface area (Å²) in [5, 5.41) is 4.99. The second kappa shape index (κ2) is 8.80. The van der Waals surface area contributed by atoms with Crippen molar-refractivity contribution >= 4 is 49.8 Å². The maximum absolute atomic E-state index is 5.65. The summed E-state index contributed by atoms with van der Waals surface area (Å²) < 4.78 is 10.7. The van der Waals surface area contributed by atoms with Crippen LogP contribution in [0.15, 0.2) is 124 Å². The predicted octanol–water partition coefficient (Wildman–Crippen LogP) is 8.76. The average Bonchev–Trinajstić information content (AvgIpc) is 3.66. The van der Waals surface area contributed by atoms with E-state index >= 15 is 0 Å². The molecule has 7 aromatic rings. The Hall–Kier alpha value is -4.50. The van der Waals surface area contributed by atoms with Crippen LogP contribution < -0.4 is 0 Å².